The molecule has 3 heterocycles. The molecule has 1 unspecified atom stereocenters. The summed E-state index contributed by atoms with van der Waals surface area (Å²) in [7, 11) is 0. The third kappa shape index (κ3) is 2.46. The van der Waals surface area contributed by atoms with Gasteiger partial charge in [-0.2, -0.15) is 0 Å². The molecular weight excluding hydrogens is 240 g/mol. The number of aromatic nitrogens is 2. The zero-order chi connectivity index (χ0) is 13.2. The Morgan fingerprint density at radius 3 is 3.11 bits per heavy atom. The van der Waals surface area contributed by atoms with Crippen LogP contribution >= 0.6 is 0 Å². The molecule has 0 spiro atoms. The zero-order valence-electron chi connectivity index (χ0n) is 10.8. The van der Waals surface area contributed by atoms with E-state index < -0.39 is 0 Å². The monoisotopic (exact) mass is 258 g/mol. The fraction of sp³-hybridized carbons (Fsp3) is 0.429. The summed E-state index contributed by atoms with van der Waals surface area (Å²) in [5, 5.41) is 0. The quantitative estimate of drug-likeness (QED) is 0.880. The summed E-state index contributed by atoms with van der Waals surface area (Å²) in [6.07, 6.45) is 5.26. The number of nitrogens with zero attached hydrogens (tertiary/aromatic N) is 3. The smallest absolute Gasteiger partial charge is 0.228 e. The standard InChI is InChI=1S/C14H18N4O/c15-8-11-4-6-18(9-11)14(19)7-12-10-17-5-2-1-3-13(17)16-12/h1-3,5,10-11H,4,6-9,15H2. The molecular formula is C14H18N4O. The average Bonchev–Trinajstić information content (AvgIpc) is 3.04. The molecule has 2 aromatic heterocycles. The number of imidazole rings is 1. The maximum Gasteiger partial charge on any atom is 0.228 e. The van der Waals surface area contributed by atoms with Crippen molar-refractivity contribution in [2.45, 2.75) is 12.8 Å². The van der Waals surface area contributed by atoms with Crippen molar-refractivity contribution in [1.82, 2.24) is 14.3 Å². The fourth-order valence-electron chi connectivity index (χ4n) is 2.59. The maximum absolute atomic E-state index is 12.2. The fourth-order valence-corrected chi connectivity index (χ4v) is 2.59. The molecule has 2 N–H and O–H groups in total. The van der Waals surface area contributed by atoms with Crippen molar-refractivity contribution in [2.24, 2.45) is 11.7 Å². The summed E-state index contributed by atoms with van der Waals surface area (Å²) in [5.74, 6) is 0.615. The summed E-state index contributed by atoms with van der Waals surface area (Å²) in [4.78, 5) is 18.5. The van der Waals surface area contributed by atoms with E-state index in [1.165, 1.54) is 0 Å². The molecule has 100 valence electrons. The first-order chi connectivity index (χ1) is 9.26. The molecule has 0 aromatic carbocycles. The van der Waals surface area contributed by atoms with Gasteiger partial charge < -0.3 is 15.0 Å². The van der Waals surface area contributed by atoms with Crippen LogP contribution in [0.3, 0.4) is 0 Å². The number of hydrogen-bond acceptors (Lipinski definition) is 3. The van der Waals surface area contributed by atoms with E-state index in [0.29, 0.717) is 18.9 Å². The van der Waals surface area contributed by atoms with Crippen LogP contribution in [0.2, 0.25) is 0 Å². The lowest BCUT2D eigenvalue weighted by Crippen LogP contribution is -2.31. The SMILES string of the molecule is NCC1CCN(C(=O)Cc2cn3ccccc3n2)C1. The van der Waals surface area contributed by atoms with Crippen LogP contribution in [0.5, 0.6) is 0 Å². The van der Waals surface area contributed by atoms with E-state index >= 15 is 0 Å². The van der Waals surface area contributed by atoms with Crippen LogP contribution in [0.25, 0.3) is 5.65 Å². The van der Waals surface area contributed by atoms with Gasteiger partial charge >= 0.3 is 0 Å². The van der Waals surface area contributed by atoms with E-state index in [1.54, 1.807) is 0 Å². The zero-order valence-corrected chi connectivity index (χ0v) is 10.8. The predicted molar refractivity (Wildman–Crippen MR) is 72.6 cm³/mol. The summed E-state index contributed by atoms with van der Waals surface area (Å²) in [6, 6.07) is 5.83. The molecule has 0 bridgehead atoms. The third-order valence-electron chi connectivity index (χ3n) is 3.72. The van der Waals surface area contributed by atoms with Gasteiger partial charge in [0, 0.05) is 25.5 Å². The van der Waals surface area contributed by atoms with Gasteiger partial charge in [0.25, 0.3) is 0 Å². The van der Waals surface area contributed by atoms with Crippen molar-refractivity contribution in [1.29, 1.82) is 0 Å². The molecule has 2 aromatic rings. The summed E-state index contributed by atoms with van der Waals surface area (Å²) in [5.41, 5.74) is 7.35. The molecule has 1 fully saturated rings. The second-order valence-corrected chi connectivity index (χ2v) is 5.11. The number of carbonyl (C=O) groups excluding carboxylic acids is 1. The van der Waals surface area contributed by atoms with E-state index in [2.05, 4.69) is 4.98 Å². The Morgan fingerprint density at radius 1 is 1.47 bits per heavy atom. The molecule has 1 atom stereocenters. The Balaban J connectivity index is 1.69. The number of nitrogens with two attached hydrogens (primary N) is 1. The minimum atomic E-state index is 0.152. The second kappa shape index (κ2) is 5.01. The number of rotatable bonds is 3. The lowest BCUT2D eigenvalue weighted by molar-refractivity contribution is -0.129. The van der Waals surface area contributed by atoms with Gasteiger partial charge in [-0.25, -0.2) is 4.98 Å². The Kier molecular flexibility index (Phi) is 3.21. The summed E-state index contributed by atoms with van der Waals surface area (Å²) < 4.78 is 1.94. The van der Waals surface area contributed by atoms with E-state index in [0.717, 1.165) is 30.9 Å². The highest BCUT2D eigenvalue weighted by atomic mass is 16.2. The van der Waals surface area contributed by atoms with Crippen molar-refractivity contribution in [2.75, 3.05) is 19.6 Å². The predicted octanol–water partition coefficient (Wildman–Crippen LogP) is 0.684. The number of pyridine rings is 1. The highest BCUT2D eigenvalue weighted by molar-refractivity contribution is 5.78. The van der Waals surface area contributed by atoms with Crippen LogP contribution in [0.15, 0.2) is 30.6 Å². The van der Waals surface area contributed by atoms with Gasteiger partial charge in [0.1, 0.15) is 5.65 Å². The molecule has 0 radical (unpaired) electrons. The van der Waals surface area contributed by atoms with E-state index in [1.807, 2.05) is 39.9 Å². The lowest BCUT2D eigenvalue weighted by atomic mass is 10.1. The normalized spacial score (nSPS) is 19.2. The van der Waals surface area contributed by atoms with Gasteiger partial charge in [-0.3, -0.25) is 4.79 Å². The van der Waals surface area contributed by atoms with Crippen LogP contribution in [0.4, 0.5) is 0 Å². The highest BCUT2D eigenvalue weighted by Gasteiger charge is 2.25. The first-order valence-corrected chi connectivity index (χ1v) is 6.66. The van der Waals surface area contributed by atoms with Crippen molar-refractivity contribution in [3.05, 3.63) is 36.3 Å². The third-order valence-corrected chi connectivity index (χ3v) is 3.72. The van der Waals surface area contributed by atoms with E-state index in [9.17, 15) is 4.79 Å². The van der Waals surface area contributed by atoms with Gasteiger partial charge in [-0.15, -0.1) is 0 Å². The summed E-state index contributed by atoms with van der Waals surface area (Å²) >= 11 is 0. The molecule has 3 rings (SSSR count). The molecule has 1 amide bonds. The summed E-state index contributed by atoms with van der Waals surface area (Å²) in [6.45, 7) is 2.29. The Bertz CT molecular complexity index is 559. The highest BCUT2D eigenvalue weighted by Crippen LogP contribution is 2.16. The van der Waals surface area contributed by atoms with Crippen molar-refractivity contribution < 1.29 is 4.79 Å². The molecule has 19 heavy (non-hydrogen) atoms. The van der Waals surface area contributed by atoms with Crippen LogP contribution in [0, 0.1) is 5.92 Å². The molecule has 5 heteroatoms. The Morgan fingerprint density at radius 2 is 2.37 bits per heavy atom. The second-order valence-electron chi connectivity index (χ2n) is 5.11. The average molecular weight is 258 g/mol. The van der Waals surface area contributed by atoms with Gasteiger partial charge in [0.2, 0.25) is 5.91 Å². The van der Waals surface area contributed by atoms with E-state index in [-0.39, 0.29) is 5.91 Å². The molecule has 0 aliphatic carbocycles. The van der Waals surface area contributed by atoms with Gasteiger partial charge in [-0.1, -0.05) is 6.07 Å². The molecule has 5 nitrogen and oxygen atoms in total. The Labute approximate surface area is 112 Å². The van der Waals surface area contributed by atoms with Crippen LogP contribution in [-0.2, 0) is 11.2 Å². The molecule has 1 saturated heterocycles. The number of carbonyl (C=O) groups is 1. The van der Waals surface area contributed by atoms with Crippen LogP contribution in [0.1, 0.15) is 12.1 Å². The number of likely N-dealkylation sites (tertiary alicyclic amines) is 1. The molecule has 1 aliphatic rings. The van der Waals surface area contributed by atoms with Gasteiger partial charge in [0.15, 0.2) is 0 Å². The molecule has 1 aliphatic heterocycles. The maximum atomic E-state index is 12.2. The van der Waals surface area contributed by atoms with Crippen molar-refractivity contribution >= 4 is 11.6 Å². The minimum absolute atomic E-state index is 0.152. The van der Waals surface area contributed by atoms with Gasteiger partial charge in [-0.05, 0) is 31.0 Å². The van der Waals surface area contributed by atoms with Crippen LogP contribution in [-0.4, -0.2) is 39.8 Å². The Hall–Kier alpha value is -1.88. The number of amides is 1. The lowest BCUT2D eigenvalue weighted by Gasteiger charge is -2.15. The van der Waals surface area contributed by atoms with Crippen molar-refractivity contribution in [3.63, 3.8) is 0 Å². The number of fused-ring (bicyclic) bond motifs is 1. The number of hydrogen-bond donors (Lipinski definition) is 1. The topological polar surface area (TPSA) is 63.6 Å². The largest absolute Gasteiger partial charge is 0.342 e. The van der Waals surface area contributed by atoms with Gasteiger partial charge in [0.05, 0.1) is 12.1 Å². The first-order valence-electron chi connectivity index (χ1n) is 6.66. The minimum Gasteiger partial charge on any atom is -0.342 e. The first kappa shape index (κ1) is 12.2. The van der Waals surface area contributed by atoms with Crippen LogP contribution < -0.4 is 5.73 Å². The molecule has 0 saturated carbocycles. The van der Waals surface area contributed by atoms with Crippen molar-refractivity contribution in [3.8, 4) is 0 Å². The van der Waals surface area contributed by atoms with E-state index in [4.69, 9.17) is 5.73 Å².